The molecule has 5 heteroatoms. The Morgan fingerprint density at radius 1 is 1.67 bits per heavy atom. The van der Waals surface area contributed by atoms with Crippen LogP contribution in [0.3, 0.4) is 0 Å². The lowest BCUT2D eigenvalue weighted by molar-refractivity contribution is 0.100. The lowest BCUT2D eigenvalue weighted by Gasteiger charge is -2.34. The van der Waals surface area contributed by atoms with Gasteiger partial charge in [-0.25, -0.2) is 4.98 Å². The van der Waals surface area contributed by atoms with Crippen LogP contribution in [0.2, 0.25) is 0 Å². The van der Waals surface area contributed by atoms with Gasteiger partial charge in [-0.05, 0) is 36.9 Å². The van der Waals surface area contributed by atoms with Gasteiger partial charge in [-0.2, -0.15) is 0 Å². The first-order valence-corrected chi connectivity index (χ1v) is 6.30. The molecule has 2 heterocycles. The minimum atomic E-state index is -0.447. The number of nitrogens with zero attached hydrogens (tertiary/aromatic N) is 1. The second-order valence-electron chi connectivity index (χ2n) is 5.21. The first-order chi connectivity index (χ1) is 8.61. The fraction of sp³-hybridized carbons (Fsp3) is 0.538. The van der Waals surface area contributed by atoms with Crippen LogP contribution in [-0.4, -0.2) is 30.5 Å². The third-order valence-corrected chi connectivity index (χ3v) is 3.44. The molecule has 18 heavy (non-hydrogen) atoms. The number of carbonyl (C=O) groups excluding carboxylic acids is 1. The van der Waals surface area contributed by atoms with Crippen molar-refractivity contribution < 1.29 is 4.79 Å². The number of hydrogen-bond acceptors (Lipinski definition) is 4. The predicted molar refractivity (Wildman–Crippen MR) is 71.5 cm³/mol. The van der Waals surface area contributed by atoms with E-state index in [1.807, 2.05) is 0 Å². The van der Waals surface area contributed by atoms with Gasteiger partial charge in [-0.15, -0.1) is 0 Å². The molecule has 1 unspecified atom stereocenters. The highest BCUT2D eigenvalue weighted by Gasteiger charge is 2.26. The highest BCUT2D eigenvalue weighted by Crippen LogP contribution is 2.26. The first-order valence-electron chi connectivity index (χ1n) is 6.30. The Balaban J connectivity index is 2.03. The summed E-state index contributed by atoms with van der Waals surface area (Å²) in [5, 5.41) is 6.65. The van der Waals surface area contributed by atoms with Gasteiger partial charge in [0, 0.05) is 19.3 Å². The van der Waals surface area contributed by atoms with Crippen molar-refractivity contribution in [3.05, 3.63) is 23.9 Å². The third kappa shape index (κ3) is 2.98. The van der Waals surface area contributed by atoms with E-state index in [1.165, 1.54) is 12.8 Å². The van der Waals surface area contributed by atoms with Crippen LogP contribution in [0.5, 0.6) is 0 Å². The van der Waals surface area contributed by atoms with E-state index in [2.05, 4.69) is 22.5 Å². The largest absolute Gasteiger partial charge is 0.369 e. The average Bonchev–Trinajstić information content (AvgIpc) is 2.38. The van der Waals surface area contributed by atoms with E-state index in [9.17, 15) is 4.79 Å². The number of anilines is 1. The summed E-state index contributed by atoms with van der Waals surface area (Å²) in [6.45, 7) is 5.10. The molecule has 2 rings (SSSR count). The van der Waals surface area contributed by atoms with E-state index in [-0.39, 0.29) is 5.41 Å². The van der Waals surface area contributed by atoms with E-state index >= 15 is 0 Å². The van der Waals surface area contributed by atoms with Crippen LogP contribution < -0.4 is 16.4 Å². The molecule has 0 radical (unpaired) electrons. The summed E-state index contributed by atoms with van der Waals surface area (Å²) in [7, 11) is 0. The molecule has 1 atom stereocenters. The van der Waals surface area contributed by atoms with Gasteiger partial charge >= 0.3 is 0 Å². The molecule has 0 aromatic carbocycles. The Morgan fingerprint density at radius 3 is 3.17 bits per heavy atom. The molecular weight excluding hydrogens is 228 g/mol. The summed E-state index contributed by atoms with van der Waals surface area (Å²) in [5.74, 6) is 0.134. The predicted octanol–water partition coefficient (Wildman–Crippen LogP) is 0.982. The SMILES string of the molecule is CC1(CNc2ncccc2C(N)=O)CCCNC1. The Kier molecular flexibility index (Phi) is 3.81. The summed E-state index contributed by atoms with van der Waals surface area (Å²) in [6.07, 6.45) is 4.02. The monoisotopic (exact) mass is 248 g/mol. The van der Waals surface area contributed by atoms with E-state index in [0.717, 1.165) is 19.6 Å². The highest BCUT2D eigenvalue weighted by atomic mass is 16.1. The number of amides is 1. The Hall–Kier alpha value is -1.62. The van der Waals surface area contributed by atoms with Crippen molar-refractivity contribution in [1.82, 2.24) is 10.3 Å². The fourth-order valence-corrected chi connectivity index (χ4v) is 2.31. The van der Waals surface area contributed by atoms with E-state index in [0.29, 0.717) is 11.4 Å². The number of nitrogens with two attached hydrogens (primary N) is 1. The third-order valence-electron chi connectivity index (χ3n) is 3.44. The molecule has 1 amide bonds. The standard InChI is InChI=1S/C13H20N4O/c1-13(5-3-6-15-8-13)9-17-12-10(11(14)18)4-2-7-16-12/h2,4,7,15H,3,5-6,8-9H2,1H3,(H2,14,18)(H,16,17). The normalized spacial score (nSPS) is 23.6. The van der Waals surface area contributed by atoms with Crippen molar-refractivity contribution >= 4 is 11.7 Å². The van der Waals surface area contributed by atoms with Gasteiger partial charge in [0.1, 0.15) is 5.82 Å². The molecule has 1 aliphatic rings. The maximum absolute atomic E-state index is 11.3. The average molecular weight is 248 g/mol. The second-order valence-corrected chi connectivity index (χ2v) is 5.21. The minimum absolute atomic E-state index is 0.199. The number of carbonyl (C=O) groups is 1. The Morgan fingerprint density at radius 2 is 2.50 bits per heavy atom. The number of aromatic nitrogens is 1. The molecule has 4 N–H and O–H groups in total. The quantitative estimate of drug-likeness (QED) is 0.742. The summed E-state index contributed by atoms with van der Waals surface area (Å²) in [6, 6.07) is 3.41. The van der Waals surface area contributed by atoms with Crippen LogP contribution in [-0.2, 0) is 0 Å². The van der Waals surface area contributed by atoms with Crippen LogP contribution in [0.15, 0.2) is 18.3 Å². The molecular formula is C13H20N4O. The zero-order valence-corrected chi connectivity index (χ0v) is 10.7. The van der Waals surface area contributed by atoms with Gasteiger partial charge in [0.15, 0.2) is 0 Å². The molecule has 0 saturated carbocycles. The van der Waals surface area contributed by atoms with Crippen LogP contribution >= 0.6 is 0 Å². The lowest BCUT2D eigenvalue weighted by Crippen LogP contribution is -2.42. The van der Waals surface area contributed by atoms with Gasteiger partial charge in [0.25, 0.3) is 5.91 Å². The number of primary amides is 1. The number of rotatable bonds is 4. The van der Waals surface area contributed by atoms with E-state index < -0.39 is 5.91 Å². The molecule has 5 nitrogen and oxygen atoms in total. The van der Waals surface area contributed by atoms with Crippen molar-refractivity contribution in [2.45, 2.75) is 19.8 Å². The number of nitrogens with one attached hydrogen (secondary N) is 2. The number of pyridine rings is 1. The molecule has 98 valence electrons. The smallest absolute Gasteiger partial charge is 0.252 e. The summed E-state index contributed by atoms with van der Waals surface area (Å²) in [4.78, 5) is 15.5. The van der Waals surface area contributed by atoms with Crippen molar-refractivity contribution in [3.8, 4) is 0 Å². The van der Waals surface area contributed by atoms with Crippen molar-refractivity contribution in [1.29, 1.82) is 0 Å². The van der Waals surface area contributed by atoms with Gasteiger partial charge in [-0.3, -0.25) is 4.79 Å². The van der Waals surface area contributed by atoms with E-state index in [4.69, 9.17) is 5.73 Å². The molecule has 0 bridgehead atoms. The van der Waals surface area contributed by atoms with Crippen LogP contribution in [0.1, 0.15) is 30.1 Å². The van der Waals surface area contributed by atoms with Crippen molar-refractivity contribution in [3.63, 3.8) is 0 Å². The minimum Gasteiger partial charge on any atom is -0.369 e. The van der Waals surface area contributed by atoms with Crippen LogP contribution in [0.25, 0.3) is 0 Å². The maximum Gasteiger partial charge on any atom is 0.252 e. The Labute approximate surface area is 107 Å². The van der Waals surface area contributed by atoms with E-state index in [1.54, 1.807) is 18.3 Å². The molecule has 1 fully saturated rings. The second kappa shape index (κ2) is 5.35. The number of hydrogen-bond donors (Lipinski definition) is 3. The number of piperidine rings is 1. The highest BCUT2D eigenvalue weighted by molar-refractivity contribution is 5.97. The fourth-order valence-electron chi connectivity index (χ4n) is 2.31. The zero-order valence-electron chi connectivity index (χ0n) is 10.7. The van der Waals surface area contributed by atoms with Crippen LogP contribution in [0, 0.1) is 5.41 Å². The molecule has 1 aromatic heterocycles. The van der Waals surface area contributed by atoms with Gasteiger partial charge in [0.05, 0.1) is 5.56 Å². The molecule has 1 saturated heterocycles. The summed E-state index contributed by atoms with van der Waals surface area (Å²) >= 11 is 0. The summed E-state index contributed by atoms with van der Waals surface area (Å²) in [5.41, 5.74) is 5.97. The van der Waals surface area contributed by atoms with Gasteiger partial charge in [0.2, 0.25) is 0 Å². The molecule has 1 aromatic rings. The molecule has 0 aliphatic carbocycles. The van der Waals surface area contributed by atoms with Crippen LogP contribution in [0.4, 0.5) is 5.82 Å². The van der Waals surface area contributed by atoms with Gasteiger partial charge in [-0.1, -0.05) is 6.92 Å². The molecule has 0 spiro atoms. The maximum atomic E-state index is 11.3. The first kappa shape index (κ1) is 12.8. The van der Waals surface area contributed by atoms with Crippen molar-refractivity contribution in [2.24, 2.45) is 11.1 Å². The zero-order chi connectivity index (χ0) is 13.0. The molecule has 1 aliphatic heterocycles. The summed E-state index contributed by atoms with van der Waals surface area (Å²) < 4.78 is 0. The van der Waals surface area contributed by atoms with Gasteiger partial charge < -0.3 is 16.4 Å². The van der Waals surface area contributed by atoms with Crippen molar-refractivity contribution in [2.75, 3.05) is 25.0 Å². The lowest BCUT2D eigenvalue weighted by atomic mass is 9.83. The Bertz CT molecular complexity index is 427. The topological polar surface area (TPSA) is 80.0 Å².